The van der Waals surface area contributed by atoms with E-state index in [0.29, 0.717) is 39.1 Å². The van der Waals surface area contributed by atoms with E-state index in [0.717, 1.165) is 0 Å². The summed E-state index contributed by atoms with van der Waals surface area (Å²) in [5, 5.41) is 13.8. The summed E-state index contributed by atoms with van der Waals surface area (Å²) in [6.07, 6.45) is 0.991. The fraction of sp³-hybridized carbons (Fsp3) is 0.769. The number of carboxylic acid groups (broad SMARTS) is 1. The van der Waals surface area contributed by atoms with Gasteiger partial charge in [0.1, 0.15) is 0 Å². The summed E-state index contributed by atoms with van der Waals surface area (Å²) in [5.41, 5.74) is -0.718. The summed E-state index contributed by atoms with van der Waals surface area (Å²) < 4.78 is 4.77. The highest BCUT2D eigenvalue weighted by Gasteiger charge is 2.37. The molecule has 8 nitrogen and oxygen atoms in total. The van der Waals surface area contributed by atoms with Crippen molar-refractivity contribution in [2.75, 3.05) is 39.9 Å². The first kappa shape index (κ1) is 17.4. The smallest absolute Gasteiger partial charge is 0.321 e. The number of aliphatic carboxylic acids is 1. The second kappa shape index (κ2) is 7.94. The van der Waals surface area contributed by atoms with E-state index in [1.54, 1.807) is 6.92 Å². The topological polar surface area (TPSA) is 108 Å². The van der Waals surface area contributed by atoms with Crippen molar-refractivity contribution in [2.24, 2.45) is 5.41 Å². The van der Waals surface area contributed by atoms with Crippen molar-refractivity contribution in [2.45, 2.75) is 19.8 Å². The van der Waals surface area contributed by atoms with Gasteiger partial charge >= 0.3 is 12.0 Å². The number of piperidine rings is 1. The molecule has 0 unspecified atom stereocenters. The fourth-order valence-electron chi connectivity index (χ4n) is 2.10. The van der Waals surface area contributed by atoms with Crippen molar-refractivity contribution in [1.82, 2.24) is 15.5 Å². The minimum Gasteiger partial charge on any atom is -0.481 e. The number of urea groups is 1. The van der Waals surface area contributed by atoms with Crippen molar-refractivity contribution in [3.05, 3.63) is 0 Å². The SMILES string of the molecule is COCCNC(=O)NC(=O)CN1CCC(C)(C(=O)O)CC1. The number of carboxylic acids is 1. The molecule has 1 heterocycles. The Morgan fingerprint density at radius 1 is 1.29 bits per heavy atom. The normalized spacial score (nSPS) is 18.0. The van der Waals surface area contributed by atoms with E-state index in [-0.39, 0.29) is 6.54 Å². The van der Waals surface area contributed by atoms with Gasteiger partial charge in [-0.15, -0.1) is 0 Å². The Morgan fingerprint density at radius 2 is 1.90 bits per heavy atom. The molecule has 0 aromatic heterocycles. The van der Waals surface area contributed by atoms with Gasteiger partial charge in [-0.2, -0.15) is 0 Å². The highest BCUT2D eigenvalue weighted by Crippen LogP contribution is 2.30. The van der Waals surface area contributed by atoms with Gasteiger partial charge in [0.05, 0.1) is 18.6 Å². The van der Waals surface area contributed by atoms with Crippen LogP contribution < -0.4 is 10.6 Å². The van der Waals surface area contributed by atoms with Crippen molar-refractivity contribution in [1.29, 1.82) is 0 Å². The average molecular weight is 301 g/mol. The molecule has 0 aromatic carbocycles. The molecule has 1 rings (SSSR count). The zero-order chi connectivity index (χ0) is 15.9. The molecule has 1 aliphatic heterocycles. The first-order valence-electron chi connectivity index (χ1n) is 6.90. The van der Waals surface area contributed by atoms with Crippen LogP contribution in [0.3, 0.4) is 0 Å². The Bertz CT molecular complexity index is 391. The number of amides is 3. The third-order valence-corrected chi connectivity index (χ3v) is 3.69. The number of hydrogen-bond acceptors (Lipinski definition) is 5. The Labute approximate surface area is 123 Å². The number of methoxy groups -OCH3 is 1. The number of ether oxygens (including phenoxy) is 1. The van der Waals surface area contributed by atoms with E-state index in [1.807, 2.05) is 4.90 Å². The highest BCUT2D eigenvalue weighted by atomic mass is 16.5. The molecule has 8 heteroatoms. The lowest BCUT2D eigenvalue weighted by Gasteiger charge is -2.35. The number of hydrogen-bond donors (Lipinski definition) is 3. The maximum absolute atomic E-state index is 11.7. The van der Waals surface area contributed by atoms with Gasteiger partial charge in [-0.05, 0) is 32.9 Å². The van der Waals surface area contributed by atoms with Crippen LogP contribution in [0.25, 0.3) is 0 Å². The monoisotopic (exact) mass is 301 g/mol. The molecule has 3 N–H and O–H groups in total. The number of carbonyl (C=O) groups is 3. The molecule has 0 aliphatic carbocycles. The van der Waals surface area contributed by atoms with Crippen LogP contribution >= 0.6 is 0 Å². The fourth-order valence-corrected chi connectivity index (χ4v) is 2.10. The Hall–Kier alpha value is -1.67. The second-order valence-corrected chi connectivity index (χ2v) is 5.44. The summed E-state index contributed by atoms with van der Waals surface area (Å²) in [4.78, 5) is 36.0. The zero-order valence-electron chi connectivity index (χ0n) is 12.5. The molecule has 0 saturated carbocycles. The summed E-state index contributed by atoms with van der Waals surface area (Å²) in [7, 11) is 1.52. The van der Waals surface area contributed by atoms with Crippen LogP contribution in [-0.2, 0) is 14.3 Å². The third-order valence-electron chi connectivity index (χ3n) is 3.69. The van der Waals surface area contributed by atoms with Crippen molar-refractivity contribution in [3.63, 3.8) is 0 Å². The van der Waals surface area contributed by atoms with E-state index in [4.69, 9.17) is 9.84 Å². The Kier molecular flexibility index (Phi) is 6.57. The maximum Gasteiger partial charge on any atom is 0.321 e. The number of likely N-dealkylation sites (tertiary alicyclic amines) is 1. The van der Waals surface area contributed by atoms with E-state index >= 15 is 0 Å². The number of rotatable bonds is 6. The van der Waals surface area contributed by atoms with Gasteiger partial charge in [-0.1, -0.05) is 0 Å². The lowest BCUT2D eigenvalue weighted by atomic mass is 9.80. The average Bonchev–Trinajstić information content (AvgIpc) is 2.41. The Morgan fingerprint density at radius 3 is 2.43 bits per heavy atom. The predicted molar refractivity (Wildman–Crippen MR) is 74.8 cm³/mol. The van der Waals surface area contributed by atoms with Crippen LogP contribution in [0.15, 0.2) is 0 Å². The highest BCUT2D eigenvalue weighted by molar-refractivity contribution is 5.95. The molecule has 0 spiro atoms. The molecule has 1 aliphatic rings. The molecule has 0 atom stereocenters. The van der Waals surface area contributed by atoms with Crippen LogP contribution in [0, 0.1) is 5.41 Å². The van der Waals surface area contributed by atoms with Gasteiger partial charge < -0.3 is 15.2 Å². The molecule has 1 saturated heterocycles. The number of carbonyl (C=O) groups excluding carboxylic acids is 2. The van der Waals surface area contributed by atoms with Crippen LogP contribution in [0.1, 0.15) is 19.8 Å². The first-order chi connectivity index (χ1) is 9.87. The number of nitrogens with zero attached hydrogens (tertiary/aromatic N) is 1. The molecule has 3 amide bonds. The second-order valence-electron chi connectivity index (χ2n) is 5.44. The van der Waals surface area contributed by atoms with Crippen molar-refractivity contribution < 1.29 is 24.2 Å². The summed E-state index contributed by atoms with van der Waals surface area (Å²) in [5.74, 6) is -1.20. The van der Waals surface area contributed by atoms with Crippen LogP contribution in [0.4, 0.5) is 4.79 Å². The van der Waals surface area contributed by atoms with E-state index < -0.39 is 23.3 Å². The molecule has 120 valence electrons. The van der Waals surface area contributed by atoms with Crippen molar-refractivity contribution in [3.8, 4) is 0 Å². The quantitative estimate of drug-likeness (QED) is 0.579. The molecule has 1 fully saturated rings. The van der Waals surface area contributed by atoms with Crippen molar-refractivity contribution >= 4 is 17.9 Å². The van der Waals surface area contributed by atoms with E-state index in [2.05, 4.69) is 10.6 Å². The molecular weight excluding hydrogens is 278 g/mol. The number of nitrogens with one attached hydrogen (secondary N) is 2. The molecule has 0 bridgehead atoms. The largest absolute Gasteiger partial charge is 0.481 e. The summed E-state index contributed by atoms with van der Waals surface area (Å²) in [6, 6.07) is -0.551. The van der Waals surface area contributed by atoms with E-state index in [1.165, 1.54) is 7.11 Å². The minimum absolute atomic E-state index is 0.0907. The summed E-state index contributed by atoms with van der Waals surface area (Å²) >= 11 is 0. The standard InChI is InChI=1S/C13H23N3O5/c1-13(11(18)19)3-6-16(7-4-13)9-10(17)15-12(20)14-5-8-21-2/h3-9H2,1-2H3,(H,18,19)(H2,14,15,17,20). The van der Waals surface area contributed by atoms with Gasteiger partial charge in [-0.3, -0.25) is 19.8 Å². The Balaban J connectivity index is 2.27. The van der Waals surface area contributed by atoms with Gasteiger partial charge in [0, 0.05) is 13.7 Å². The number of imide groups is 1. The first-order valence-corrected chi connectivity index (χ1v) is 6.90. The molecule has 21 heavy (non-hydrogen) atoms. The van der Waals surface area contributed by atoms with Gasteiger partial charge in [0.25, 0.3) is 0 Å². The van der Waals surface area contributed by atoms with Gasteiger partial charge in [-0.25, -0.2) is 4.79 Å². The zero-order valence-corrected chi connectivity index (χ0v) is 12.5. The van der Waals surface area contributed by atoms with Gasteiger partial charge in [0.15, 0.2) is 0 Å². The summed E-state index contributed by atoms with van der Waals surface area (Å²) in [6.45, 7) is 3.57. The molecule has 0 aromatic rings. The maximum atomic E-state index is 11.7. The molecular formula is C13H23N3O5. The predicted octanol–water partition coefficient (Wildman–Crippen LogP) is -0.355. The lowest BCUT2D eigenvalue weighted by molar-refractivity contribution is -0.150. The lowest BCUT2D eigenvalue weighted by Crippen LogP contribution is -2.49. The minimum atomic E-state index is -0.802. The third kappa shape index (κ3) is 5.68. The van der Waals surface area contributed by atoms with E-state index in [9.17, 15) is 14.4 Å². The van der Waals surface area contributed by atoms with Gasteiger partial charge in [0.2, 0.25) is 5.91 Å². The molecule has 0 radical (unpaired) electrons. The van der Waals surface area contributed by atoms with Crippen LogP contribution in [0.5, 0.6) is 0 Å². The van der Waals surface area contributed by atoms with Crippen LogP contribution in [-0.4, -0.2) is 67.8 Å². The van der Waals surface area contributed by atoms with Crippen LogP contribution in [0.2, 0.25) is 0 Å².